The number of oxazole rings is 1. The van der Waals surface area contributed by atoms with Crippen LogP contribution in [-0.4, -0.2) is 4.98 Å². The zero-order valence-corrected chi connectivity index (χ0v) is 7.95. The number of aromatic nitrogens is 1. The molecule has 0 aliphatic carbocycles. The summed E-state index contributed by atoms with van der Waals surface area (Å²) < 4.78 is 5.48. The highest BCUT2D eigenvalue weighted by molar-refractivity contribution is 5.76. The van der Waals surface area contributed by atoms with Gasteiger partial charge in [0.1, 0.15) is 5.52 Å². The van der Waals surface area contributed by atoms with Crippen LogP contribution >= 0.6 is 0 Å². The van der Waals surface area contributed by atoms with E-state index in [9.17, 15) is 0 Å². The summed E-state index contributed by atoms with van der Waals surface area (Å²) in [6.45, 7) is 1.83. The van der Waals surface area contributed by atoms with Crippen molar-refractivity contribution < 1.29 is 4.42 Å². The average Bonchev–Trinajstić information content (AvgIpc) is 2.55. The van der Waals surface area contributed by atoms with Gasteiger partial charge in [0.15, 0.2) is 11.5 Å². The molecule has 0 spiro atoms. The molecule has 0 saturated carbocycles. The Balaban J connectivity index is 2.48. The number of fused-ring (bicyclic) bond motifs is 1. The van der Waals surface area contributed by atoms with Gasteiger partial charge in [0.2, 0.25) is 0 Å². The van der Waals surface area contributed by atoms with Gasteiger partial charge in [-0.15, -0.1) is 0 Å². The molecular weight excluding hydrogens is 176 g/mol. The van der Waals surface area contributed by atoms with Crippen LogP contribution in [0.15, 0.2) is 22.6 Å². The van der Waals surface area contributed by atoms with Gasteiger partial charge in [-0.2, -0.15) is 5.26 Å². The Bertz CT molecular complexity index is 493. The summed E-state index contributed by atoms with van der Waals surface area (Å²) in [5, 5.41) is 8.51. The summed E-state index contributed by atoms with van der Waals surface area (Å²) in [6, 6.07) is 7.96. The van der Waals surface area contributed by atoms with E-state index in [0.29, 0.717) is 12.3 Å². The molecule has 1 heterocycles. The summed E-state index contributed by atoms with van der Waals surface area (Å²) in [5.41, 5.74) is 2.75. The average molecular weight is 186 g/mol. The van der Waals surface area contributed by atoms with Crippen LogP contribution in [0.25, 0.3) is 11.1 Å². The van der Waals surface area contributed by atoms with E-state index in [0.717, 1.165) is 23.1 Å². The molecule has 0 aliphatic heterocycles. The molecule has 0 bridgehead atoms. The summed E-state index contributed by atoms with van der Waals surface area (Å²) in [7, 11) is 0. The topological polar surface area (TPSA) is 49.8 Å². The SMILES string of the molecule is Cc1nc2cccc(CCC#N)c2o1. The minimum atomic E-state index is 0.513. The molecule has 0 saturated heterocycles. The second-order valence-corrected chi connectivity index (χ2v) is 3.16. The van der Waals surface area contributed by atoms with Gasteiger partial charge in [-0.1, -0.05) is 12.1 Å². The lowest BCUT2D eigenvalue weighted by atomic mass is 10.1. The molecule has 2 rings (SSSR count). The second kappa shape index (κ2) is 3.51. The summed E-state index contributed by atoms with van der Waals surface area (Å²) in [4.78, 5) is 4.23. The number of aryl methyl sites for hydroxylation is 2. The van der Waals surface area contributed by atoms with Crippen LogP contribution in [0, 0.1) is 18.3 Å². The molecule has 0 amide bonds. The number of rotatable bonds is 2. The first-order valence-corrected chi connectivity index (χ1v) is 4.53. The van der Waals surface area contributed by atoms with Crippen LogP contribution in [0.5, 0.6) is 0 Å². The number of hydrogen-bond acceptors (Lipinski definition) is 3. The summed E-state index contributed by atoms with van der Waals surface area (Å²) >= 11 is 0. The van der Waals surface area contributed by atoms with Crippen molar-refractivity contribution in [2.24, 2.45) is 0 Å². The quantitative estimate of drug-likeness (QED) is 0.724. The summed E-state index contributed by atoms with van der Waals surface area (Å²) in [5.74, 6) is 0.671. The number of nitriles is 1. The van der Waals surface area contributed by atoms with Crippen molar-refractivity contribution >= 4 is 11.1 Å². The Hall–Kier alpha value is -1.82. The van der Waals surface area contributed by atoms with Gasteiger partial charge in [-0.25, -0.2) is 4.98 Å². The Morgan fingerprint density at radius 2 is 2.36 bits per heavy atom. The van der Waals surface area contributed by atoms with E-state index in [1.54, 1.807) is 0 Å². The lowest BCUT2D eigenvalue weighted by molar-refractivity contribution is 0.557. The van der Waals surface area contributed by atoms with Gasteiger partial charge in [-0.3, -0.25) is 0 Å². The first-order chi connectivity index (χ1) is 6.81. The van der Waals surface area contributed by atoms with Gasteiger partial charge < -0.3 is 4.42 Å². The number of para-hydroxylation sites is 1. The molecular formula is C11H10N2O. The van der Waals surface area contributed by atoms with Gasteiger partial charge in [0.05, 0.1) is 6.07 Å². The fourth-order valence-corrected chi connectivity index (χ4v) is 1.50. The molecule has 1 aromatic heterocycles. The van der Waals surface area contributed by atoms with E-state index in [2.05, 4.69) is 11.1 Å². The van der Waals surface area contributed by atoms with E-state index in [4.69, 9.17) is 9.68 Å². The van der Waals surface area contributed by atoms with Gasteiger partial charge in [0.25, 0.3) is 0 Å². The fraction of sp³-hybridized carbons (Fsp3) is 0.273. The zero-order chi connectivity index (χ0) is 9.97. The molecule has 1 aromatic carbocycles. The van der Waals surface area contributed by atoms with E-state index in [-0.39, 0.29) is 0 Å². The minimum Gasteiger partial charge on any atom is -0.441 e. The number of hydrogen-bond donors (Lipinski definition) is 0. The molecule has 0 radical (unpaired) electrons. The Kier molecular flexibility index (Phi) is 2.19. The van der Waals surface area contributed by atoms with Gasteiger partial charge >= 0.3 is 0 Å². The van der Waals surface area contributed by atoms with Crippen molar-refractivity contribution in [2.45, 2.75) is 19.8 Å². The predicted molar refractivity (Wildman–Crippen MR) is 52.7 cm³/mol. The fourth-order valence-electron chi connectivity index (χ4n) is 1.50. The maximum atomic E-state index is 8.51. The van der Waals surface area contributed by atoms with Crippen LogP contribution in [0.1, 0.15) is 17.9 Å². The number of benzene rings is 1. The monoisotopic (exact) mass is 186 g/mol. The third-order valence-electron chi connectivity index (χ3n) is 2.11. The Labute approximate surface area is 82.0 Å². The van der Waals surface area contributed by atoms with Crippen molar-refractivity contribution in [2.75, 3.05) is 0 Å². The largest absolute Gasteiger partial charge is 0.441 e. The Morgan fingerprint density at radius 1 is 1.50 bits per heavy atom. The smallest absolute Gasteiger partial charge is 0.192 e. The third kappa shape index (κ3) is 1.47. The van der Waals surface area contributed by atoms with Crippen LogP contribution in [0.3, 0.4) is 0 Å². The molecule has 0 fully saturated rings. The molecule has 0 aliphatic rings. The van der Waals surface area contributed by atoms with E-state index in [1.807, 2.05) is 25.1 Å². The van der Waals surface area contributed by atoms with Crippen LogP contribution in [0.2, 0.25) is 0 Å². The predicted octanol–water partition coefficient (Wildman–Crippen LogP) is 2.59. The van der Waals surface area contributed by atoms with E-state index >= 15 is 0 Å². The third-order valence-corrected chi connectivity index (χ3v) is 2.11. The van der Waals surface area contributed by atoms with Crippen LogP contribution < -0.4 is 0 Å². The maximum absolute atomic E-state index is 8.51. The lowest BCUT2D eigenvalue weighted by Gasteiger charge is -1.96. The van der Waals surface area contributed by atoms with Crippen LogP contribution in [-0.2, 0) is 6.42 Å². The van der Waals surface area contributed by atoms with Crippen molar-refractivity contribution in [1.82, 2.24) is 4.98 Å². The van der Waals surface area contributed by atoms with Crippen molar-refractivity contribution in [3.63, 3.8) is 0 Å². The second-order valence-electron chi connectivity index (χ2n) is 3.16. The van der Waals surface area contributed by atoms with E-state index in [1.165, 1.54) is 0 Å². The van der Waals surface area contributed by atoms with Crippen molar-refractivity contribution in [3.05, 3.63) is 29.7 Å². The standard InChI is InChI=1S/C11H10N2O/c1-8-13-10-6-2-4-9(5-3-7-12)11(10)14-8/h2,4,6H,3,5H2,1H3. The first-order valence-electron chi connectivity index (χ1n) is 4.53. The molecule has 0 unspecified atom stereocenters. The molecule has 14 heavy (non-hydrogen) atoms. The van der Waals surface area contributed by atoms with Crippen molar-refractivity contribution in [1.29, 1.82) is 5.26 Å². The normalized spacial score (nSPS) is 10.3. The molecule has 0 N–H and O–H groups in total. The van der Waals surface area contributed by atoms with Crippen molar-refractivity contribution in [3.8, 4) is 6.07 Å². The zero-order valence-electron chi connectivity index (χ0n) is 7.95. The molecule has 70 valence electrons. The first kappa shape index (κ1) is 8.76. The molecule has 2 aromatic rings. The molecule has 0 atom stereocenters. The summed E-state index contributed by atoms with van der Waals surface area (Å²) in [6.07, 6.45) is 1.24. The lowest BCUT2D eigenvalue weighted by Crippen LogP contribution is -1.83. The molecule has 3 heteroatoms. The van der Waals surface area contributed by atoms with E-state index < -0.39 is 0 Å². The van der Waals surface area contributed by atoms with Gasteiger partial charge in [0, 0.05) is 13.3 Å². The highest BCUT2D eigenvalue weighted by atomic mass is 16.3. The highest BCUT2D eigenvalue weighted by Crippen LogP contribution is 2.20. The minimum absolute atomic E-state index is 0.513. The van der Waals surface area contributed by atoms with Crippen LogP contribution in [0.4, 0.5) is 0 Å². The molecule has 3 nitrogen and oxygen atoms in total. The maximum Gasteiger partial charge on any atom is 0.192 e. The highest BCUT2D eigenvalue weighted by Gasteiger charge is 2.06. The Morgan fingerprint density at radius 3 is 3.14 bits per heavy atom. The number of nitrogens with zero attached hydrogens (tertiary/aromatic N) is 2. The van der Waals surface area contributed by atoms with Gasteiger partial charge in [-0.05, 0) is 18.1 Å².